The van der Waals surface area contributed by atoms with Gasteiger partial charge >= 0.3 is 11.9 Å². The minimum atomic E-state index is -1.13. The molecule has 0 aliphatic carbocycles. The van der Waals surface area contributed by atoms with Crippen molar-refractivity contribution >= 4 is 17.9 Å². The van der Waals surface area contributed by atoms with Crippen LogP contribution in [-0.4, -0.2) is 75.5 Å². The van der Waals surface area contributed by atoms with Crippen molar-refractivity contribution < 1.29 is 38.2 Å². The van der Waals surface area contributed by atoms with E-state index in [0.29, 0.717) is 12.8 Å². The Morgan fingerprint density at radius 1 is 0.526 bits per heavy atom. The highest BCUT2D eigenvalue weighted by atomic mass is 16.6. The summed E-state index contributed by atoms with van der Waals surface area (Å²) in [4.78, 5) is 36.9. The number of unbranched alkanes of at least 4 members (excludes halogenated alkanes) is 22. The molecule has 0 aliphatic heterocycles. The fourth-order valence-corrected chi connectivity index (χ4v) is 6.85. The number of nitrogens with zero attached hydrogens (tertiary/aromatic N) is 1. The number of carboxylic acids is 1. The molecule has 57 heavy (non-hydrogen) atoms. The smallest absolute Gasteiger partial charge is 0.306 e. The largest absolute Gasteiger partial charge is 0.544 e. The zero-order valence-corrected chi connectivity index (χ0v) is 37.8. The van der Waals surface area contributed by atoms with E-state index in [4.69, 9.17) is 14.2 Å². The van der Waals surface area contributed by atoms with E-state index in [0.717, 1.165) is 38.5 Å². The Hall–Kier alpha value is -2.45. The zero-order chi connectivity index (χ0) is 42.1. The maximum absolute atomic E-state index is 12.7. The average molecular weight is 804 g/mol. The van der Waals surface area contributed by atoms with Crippen molar-refractivity contribution in [2.75, 3.05) is 41.0 Å². The molecule has 0 N–H and O–H groups in total. The third-order valence-electron chi connectivity index (χ3n) is 10.5. The van der Waals surface area contributed by atoms with E-state index in [1.807, 2.05) is 0 Å². The Balaban J connectivity index is 4.38. The number of carbonyl (C=O) groups excluding carboxylic acids is 3. The highest BCUT2D eigenvalue weighted by Crippen LogP contribution is 2.15. The van der Waals surface area contributed by atoms with Crippen LogP contribution in [-0.2, 0) is 28.6 Å². The Bertz CT molecular complexity index is 1030. The number of esters is 2. The number of ether oxygens (including phenoxy) is 3. The van der Waals surface area contributed by atoms with Crippen LogP contribution in [0.15, 0.2) is 36.5 Å². The lowest BCUT2D eigenvalue weighted by Crippen LogP contribution is -2.55. The van der Waals surface area contributed by atoms with Gasteiger partial charge in [0.2, 0.25) is 0 Å². The first-order valence-electron chi connectivity index (χ1n) is 23.5. The molecule has 0 saturated carbocycles. The van der Waals surface area contributed by atoms with Crippen molar-refractivity contribution in [3.8, 4) is 0 Å². The van der Waals surface area contributed by atoms with Crippen molar-refractivity contribution in [2.24, 2.45) is 0 Å². The van der Waals surface area contributed by atoms with Gasteiger partial charge < -0.3 is 28.6 Å². The van der Waals surface area contributed by atoms with Crippen LogP contribution in [0.4, 0.5) is 0 Å². The van der Waals surface area contributed by atoms with Crippen molar-refractivity contribution in [3.63, 3.8) is 0 Å². The topological polar surface area (TPSA) is 102 Å². The van der Waals surface area contributed by atoms with E-state index < -0.39 is 18.1 Å². The van der Waals surface area contributed by atoms with Crippen LogP contribution in [0.25, 0.3) is 0 Å². The average Bonchev–Trinajstić information content (AvgIpc) is 3.17. The number of likely N-dealkylation sites (N-methyl/N-ethyl adjacent to an activating group) is 1. The Kier molecular flexibility index (Phi) is 38.6. The molecule has 0 rings (SSSR count). The first-order chi connectivity index (χ1) is 27.6. The van der Waals surface area contributed by atoms with Crippen LogP contribution in [0.1, 0.15) is 206 Å². The number of hydrogen-bond acceptors (Lipinski definition) is 7. The Morgan fingerprint density at radius 2 is 0.947 bits per heavy atom. The van der Waals surface area contributed by atoms with E-state index in [2.05, 4.69) is 50.3 Å². The number of aliphatic carboxylic acids is 1. The molecule has 2 atom stereocenters. The normalized spacial score (nSPS) is 13.2. The molecule has 0 aliphatic rings. The predicted octanol–water partition coefficient (Wildman–Crippen LogP) is 11.7. The van der Waals surface area contributed by atoms with Crippen LogP contribution < -0.4 is 5.11 Å². The lowest BCUT2D eigenvalue weighted by molar-refractivity contribution is -0.889. The molecule has 0 aromatic rings. The molecule has 8 heteroatoms. The van der Waals surface area contributed by atoms with Crippen molar-refractivity contribution in [1.82, 2.24) is 0 Å². The van der Waals surface area contributed by atoms with Crippen LogP contribution in [0.5, 0.6) is 0 Å². The summed E-state index contributed by atoms with van der Waals surface area (Å²) < 4.78 is 17.1. The lowest BCUT2D eigenvalue weighted by atomic mass is 10.0. The molecule has 0 bridgehead atoms. The van der Waals surface area contributed by atoms with Gasteiger partial charge in [0.15, 0.2) is 6.10 Å². The SMILES string of the molecule is CCCCCCCC/C=C/C/C=C/C/C=C/CCCC(=O)OC(COCCC(C(=O)[O-])[N+](C)(C)C)COC(=O)CCCCCCCCCCCCCCCCCC. The summed E-state index contributed by atoms with van der Waals surface area (Å²) >= 11 is 0. The monoisotopic (exact) mass is 804 g/mol. The van der Waals surface area contributed by atoms with Gasteiger partial charge in [0.1, 0.15) is 12.6 Å². The molecule has 0 aromatic heterocycles. The van der Waals surface area contributed by atoms with Gasteiger partial charge in [-0.2, -0.15) is 0 Å². The van der Waals surface area contributed by atoms with Gasteiger partial charge in [0.05, 0.1) is 40.3 Å². The highest BCUT2D eigenvalue weighted by molar-refractivity contribution is 5.70. The number of carbonyl (C=O) groups is 3. The molecule has 332 valence electrons. The molecule has 2 unspecified atom stereocenters. The summed E-state index contributed by atoms with van der Waals surface area (Å²) in [6.45, 7) is 4.62. The molecule has 0 aromatic carbocycles. The van der Waals surface area contributed by atoms with E-state index >= 15 is 0 Å². The number of allylic oxidation sites excluding steroid dienone is 6. The van der Waals surface area contributed by atoms with E-state index in [1.54, 1.807) is 21.1 Å². The lowest BCUT2D eigenvalue weighted by Gasteiger charge is -2.34. The first-order valence-corrected chi connectivity index (χ1v) is 23.5. The number of rotatable bonds is 42. The zero-order valence-electron chi connectivity index (χ0n) is 37.8. The third kappa shape index (κ3) is 38.8. The second kappa shape index (κ2) is 40.3. The molecule has 0 heterocycles. The van der Waals surface area contributed by atoms with Gasteiger partial charge in [-0.25, -0.2) is 0 Å². The van der Waals surface area contributed by atoms with E-state index in [9.17, 15) is 19.5 Å². The van der Waals surface area contributed by atoms with E-state index in [-0.39, 0.29) is 49.1 Å². The maximum Gasteiger partial charge on any atom is 0.306 e. The highest BCUT2D eigenvalue weighted by Gasteiger charge is 2.25. The maximum atomic E-state index is 12.7. The van der Waals surface area contributed by atoms with Crippen LogP contribution in [0.2, 0.25) is 0 Å². The van der Waals surface area contributed by atoms with Crippen molar-refractivity contribution in [2.45, 2.75) is 219 Å². The summed E-state index contributed by atoms with van der Waals surface area (Å²) in [5.74, 6) is -1.79. The van der Waals surface area contributed by atoms with Crippen LogP contribution in [0, 0.1) is 0 Å². The van der Waals surface area contributed by atoms with Crippen LogP contribution >= 0.6 is 0 Å². The predicted molar refractivity (Wildman–Crippen MR) is 236 cm³/mol. The van der Waals surface area contributed by atoms with Gasteiger partial charge in [-0.15, -0.1) is 0 Å². The van der Waals surface area contributed by atoms with Gasteiger partial charge in [-0.05, 0) is 44.9 Å². The van der Waals surface area contributed by atoms with E-state index in [1.165, 1.54) is 128 Å². The minimum Gasteiger partial charge on any atom is -0.544 e. The van der Waals surface area contributed by atoms with Gasteiger partial charge in [0.25, 0.3) is 0 Å². The fraction of sp³-hybridized carbons (Fsp3) is 0.816. The molecular formula is C49H89NO7. The molecule has 8 nitrogen and oxygen atoms in total. The van der Waals surface area contributed by atoms with Crippen LogP contribution in [0.3, 0.4) is 0 Å². The molecule has 0 saturated heterocycles. The molecule has 0 amide bonds. The summed E-state index contributed by atoms with van der Waals surface area (Å²) in [5.41, 5.74) is 0. The fourth-order valence-electron chi connectivity index (χ4n) is 6.85. The molecule has 0 spiro atoms. The minimum absolute atomic E-state index is 0.0233. The third-order valence-corrected chi connectivity index (χ3v) is 10.5. The van der Waals surface area contributed by atoms with Gasteiger partial charge in [-0.1, -0.05) is 179 Å². The summed E-state index contributed by atoms with van der Waals surface area (Å²) in [6, 6.07) is -0.733. The second-order valence-electron chi connectivity index (χ2n) is 17.0. The van der Waals surface area contributed by atoms with Crippen molar-refractivity contribution in [3.05, 3.63) is 36.5 Å². The Morgan fingerprint density at radius 3 is 1.42 bits per heavy atom. The van der Waals surface area contributed by atoms with Crippen molar-refractivity contribution in [1.29, 1.82) is 0 Å². The first kappa shape index (κ1) is 54.6. The standard InChI is InChI=1S/C49H89NO7/c1-6-8-10-12-14-16-18-20-22-24-26-28-30-32-34-36-38-40-48(52)57-45(43-55-42-41-46(49(53)54)50(3,4)5)44-56-47(51)39-37-35-33-31-29-27-25-23-21-19-17-15-13-11-9-7-2/h20,22,26,28,32,34,45-46H,6-19,21,23-25,27,29-31,33,35-44H2,1-5H3/b22-20+,28-26+,34-32+. The Labute approximate surface area is 351 Å². The number of hydrogen-bond donors (Lipinski definition) is 0. The quantitative estimate of drug-likeness (QED) is 0.0262. The van der Waals surface area contributed by atoms with Gasteiger partial charge in [-0.3, -0.25) is 9.59 Å². The summed E-state index contributed by atoms with van der Waals surface area (Å²) in [6.07, 6.45) is 46.0. The molecule has 0 radical (unpaired) electrons. The summed E-state index contributed by atoms with van der Waals surface area (Å²) in [7, 11) is 5.39. The molecular weight excluding hydrogens is 715 g/mol. The number of carboxylic acid groups (broad SMARTS) is 1. The molecule has 0 fully saturated rings. The van der Waals surface area contributed by atoms with Gasteiger partial charge in [0, 0.05) is 19.3 Å². The second-order valence-corrected chi connectivity index (χ2v) is 17.0. The number of quaternary nitrogens is 1. The summed E-state index contributed by atoms with van der Waals surface area (Å²) in [5, 5.41) is 11.6.